The molecule has 5 heteroatoms. The van der Waals surface area contributed by atoms with E-state index in [9.17, 15) is 0 Å². The number of nitrogens with zero attached hydrogens (tertiary/aromatic N) is 2. The van der Waals surface area contributed by atoms with Gasteiger partial charge in [-0.1, -0.05) is 0 Å². The van der Waals surface area contributed by atoms with Gasteiger partial charge in [-0.2, -0.15) is 5.10 Å². The number of benzene rings is 1. The van der Waals surface area contributed by atoms with Gasteiger partial charge < -0.3 is 10.5 Å². The predicted octanol–water partition coefficient (Wildman–Crippen LogP) is 1.95. The van der Waals surface area contributed by atoms with Crippen LogP contribution in [-0.2, 0) is 6.54 Å². The molecule has 0 atom stereocenters. The first-order chi connectivity index (χ1) is 8.65. The third-order valence-corrected chi connectivity index (χ3v) is 2.79. The Bertz CT molecular complexity index is 548. The molecule has 0 saturated heterocycles. The number of ether oxygens (including phenoxy) is 1. The van der Waals surface area contributed by atoms with Gasteiger partial charge in [-0.3, -0.25) is 5.10 Å². The van der Waals surface area contributed by atoms with E-state index in [2.05, 4.69) is 15.2 Å². The van der Waals surface area contributed by atoms with Gasteiger partial charge in [0.05, 0.1) is 13.2 Å². The zero-order valence-corrected chi connectivity index (χ0v) is 10.9. The Labute approximate surface area is 106 Å². The molecule has 0 saturated carbocycles. The molecule has 0 amide bonds. The second-order valence-corrected chi connectivity index (χ2v) is 4.18. The van der Waals surface area contributed by atoms with Crippen molar-refractivity contribution in [1.82, 2.24) is 15.2 Å². The van der Waals surface area contributed by atoms with Crippen LogP contribution in [0.3, 0.4) is 0 Å². The summed E-state index contributed by atoms with van der Waals surface area (Å²) in [5, 5.41) is 7.00. The number of rotatable bonds is 4. The van der Waals surface area contributed by atoms with Gasteiger partial charge in [0.1, 0.15) is 11.6 Å². The summed E-state index contributed by atoms with van der Waals surface area (Å²) in [7, 11) is 0. The summed E-state index contributed by atoms with van der Waals surface area (Å²) in [4.78, 5) is 4.34. The lowest BCUT2D eigenvalue weighted by molar-refractivity contribution is 0.337. The summed E-state index contributed by atoms with van der Waals surface area (Å²) in [5.74, 6) is 2.28. The van der Waals surface area contributed by atoms with E-state index < -0.39 is 0 Å². The largest absolute Gasteiger partial charge is 0.494 e. The summed E-state index contributed by atoms with van der Waals surface area (Å²) >= 11 is 0. The monoisotopic (exact) mass is 246 g/mol. The normalized spacial score (nSPS) is 10.7. The maximum Gasteiger partial charge on any atom is 0.181 e. The molecule has 3 N–H and O–H groups in total. The molecule has 0 spiro atoms. The fourth-order valence-corrected chi connectivity index (χ4v) is 1.85. The lowest BCUT2D eigenvalue weighted by Crippen LogP contribution is -1.98. The number of hydrogen-bond donors (Lipinski definition) is 2. The summed E-state index contributed by atoms with van der Waals surface area (Å²) in [6.07, 6.45) is 0. The minimum absolute atomic E-state index is 0.363. The van der Waals surface area contributed by atoms with Crippen molar-refractivity contribution in [2.45, 2.75) is 27.3 Å². The Morgan fingerprint density at radius 1 is 1.28 bits per heavy atom. The van der Waals surface area contributed by atoms with Crippen molar-refractivity contribution in [3.05, 3.63) is 29.1 Å². The zero-order chi connectivity index (χ0) is 13.1. The maximum absolute atomic E-state index is 5.57. The number of aromatic amines is 1. The van der Waals surface area contributed by atoms with Crippen LogP contribution in [0.5, 0.6) is 5.75 Å². The van der Waals surface area contributed by atoms with E-state index in [1.165, 1.54) is 0 Å². The van der Waals surface area contributed by atoms with E-state index in [1.807, 2.05) is 32.9 Å². The van der Waals surface area contributed by atoms with Crippen LogP contribution in [-0.4, -0.2) is 21.8 Å². The van der Waals surface area contributed by atoms with Gasteiger partial charge in [0.15, 0.2) is 5.82 Å². The van der Waals surface area contributed by atoms with E-state index in [-0.39, 0.29) is 0 Å². The molecular weight excluding hydrogens is 228 g/mol. The van der Waals surface area contributed by atoms with Crippen LogP contribution in [0.25, 0.3) is 11.4 Å². The Morgan fingerprint density at radius 3 is 2.67 bits per heavy atom. The minimum Gasteiger partial charge on any atom is -0.494 e. The molecule has 0 aliphatic heterocycles. The van der Waals surface area contributed by atoms with Gasteiger partial charge in [-0.25, -0.2) is 4.98 Å². The zero-order valence-electron chi connectivity index (χ0n) is 10.9. The highest BCUT2D eigenvalue weighted by Gasteiger charge is 2.11. The maximum atomic E-state index is 5.57. The summed E-state index contributed by atoms with van der Waals surface area (Å²) in [6.45, 7) is 7.05. The highest BCUT2D eigenvalue weighted by Crippen LogP contribution is 2.28. The first-order valence-electron chi connectivity index (χ1n) is 6.01. The molecule has 96 valence electrons. The molecule has 1 aromatic carbocycles. The molecule has 0 fully saturated rings. The smallest absolute Gasteiger partial charge is 0.181 e. The molecule has 2 rings (SSSR count). The Kier molecular flexibility index (Phi) is 3.62. The fraction of sp³-hybridized carbons (Fsp3) is 0.385. The van der Waals surface area contributed by atoms with E-state index in [1.54, 1.807) is 0 Å². The molecule has 0 unspecified atom stereocenters. The van der Waals surface area contributed by atoms with Crippen molar-refractivity contribution in [1.29, 1.82) is 0 Å². The number of nitrogens with one attached hydrogen (secondary N) is 1. The van der Waals surface area contributed by atoms with Gasteiger partial charge in [0, 0.05) is 5.56 Å². The third kappa shape index (κ3) is 2.36. The van der Waals surface area contributed by atoms with Gasteiger partial charge in [-0.15, -0.1) is 0 Å². The van der Waals surface area contributed by atoms with Crippen LogP contribution in [0.2, 0.25) is 0 Å². The van der Waals surface area contributed by atoms with E-state index in [4.69, 9.17) is 10.5 Å². The van der Waals surface area contributed by atoms with Gasteiger partial charge in [0.25, 0.3) is 0 Å². The molecule has 0 bridgehead atoms. The molecule has 1 heterocycles. The fourth-order valence-electron chi connectivity index (χ4n) is 1.85. The third-order valence-electron chi connectivity index (χ3n) is 2.79. The Hall–Kier alpha value is -1.88. The van der Waals surface area contributed by atoms with E-state index >= 15 is 0 Å². The first kappa shape index (κ1) is 12.6. The number of H-pyrrole nitrogens is 1. The number of aromatic nitrogens is 3. The van der Waals surface area contributed by atoms with Crippen LogP contribution in [0, 0.1) is 13.8 Å². The first-order valence-corrected chi connectivity index (χ1v) is 6.01. The molecule has 0 aliphatic rings. The van der Waals surface area contributed by atoms with E-state index in [0.29, 0.717) is 24.8 Å². The molecule has 18 heavy (non-hydrogen) atoms. The number of aryl methyl sites for hydroxylation is 2. The van der Waals surface area contributed by atoms with Crippen molar-refractivity contribution >= 4 is 0 Å². The van der Waals surface area contributed by atoms with E-state index in [0.717, 1.165) is 22.4 Å². The van der Waals surface area contributed by atoms with Crippen molar-refractivity contribution in [3.8, 4) is 17.1 Å². The number of hydrogen-bond acceptors (Lipinski definition) is 4. The average Bonchev–Trinajstić information content (AvgIpc) is 2.82. The van der Waals surface area contributed by atoms with Crippen molar-refractivity contribution < 1.29 is 4.74 Å². The molecule has 0 aliphatic carbocycles. The lowest BCUT2D eigenvalue weighted by Gasteiger charge is -2.10. The quantitative estimate of drug-likeness (QED) is 0.864. The number of nitrogens with two attached hydrogens (primary N) is 1. The minimum atomic E-state index is 0.363. The molecule has 5 nitrogen and oxygen atoms in total. The Balaban J connectivity index is 2.42. The summed E-state index contributed by atoms with van der Waals surface area (Å²) < 4.78 is 5.57. The molecular formula is C13H18N4O. The van der Waals surface area contributed by atoms with Crippen molar-refractivity contribution in [2.75, 3.05) is 6.61 Å². The highest BCUT2D eigenvalue weighted by atomic mass is 16.5. The van der Waals surface area contributed by atoms with Gasteiger partial charge >= 0.3 is 0 Å². The van der Waals surface area contributed by atoms with Crippen LogP contribution in [0.1, 0.15) is 23.9 Å². The van der Waals surface area contributed by atoms with Crippen LogP contribution in [0.15, 0.2) is 12.1 Å². The molecule has 0 radical (unpaired) electrons. The standard InChI is InChI=1S/C13H18N4O/c1-4-18-11-6-8(2)10(5-9(11)3)13-15-12(7-14)16-17-13/h5-6H,4,7,14H2,1-3H3,(H,15,16,17). The van der Waals surface area contributed by atoms with Crippen LogP contribution in [0.4, 0.5) is 0 Å². The van der Waals surface area contributed by atoms with Crippen LogP contribution >= 0.6 is 0 Å². The lowest BCUT2D eigenvalue weighted by atomic mass is 10.0. The van der Waals surface area contributed by atoms with Gasteiger partial charge in [0.2, 0.25) is 0 Å². The second-order valence-electron chi connectivity index (χ2n) is 4.18. The highest BCUT2D eigenvalue weighted by molar-refractivity contribution is 5.63. The summed E-state index contributed by atoms with van der Waals surface area (Å²) in [6, 6.07) is 4.07. The average molecular weight is 246 g/mol. The van der Waals surface area contributed by atoms with Gasteiger partial charge in [-0.05, 0) is 44.0 Å². The summed E-state index contributed by atoms with van der Waals surface area (Å²) in [5.41, 5.74) is 8.70. The Morgan fingerprint density at radius 2 is 2.06 bits per heavy atom. The second kappa shape index (κ2) is 5.18. The predicted molar refractivity (Wildman–Crippen MR) is 70.4 cm³/mol. The van der Waals surface area contributed by atoms with Crippen molar-refractivity contribution in [2.24, 2.45) is 5.73 Å². The topological polar surface area (TPSA) is 76.8 Å². The molecule has 2 aromatic rings. The molecule has 1 aromatic heterocycles. The van der Waals surface area contributed by atoms with Crippen LogP contribution < -0.4 is 10.5 Å². The van der Waals surface area contributed by atoms with Crippen molar-refractivity contribution in [3.63, 3.8) is 0 Å². The SMILES string of the molecule is CCOc1cc(C)c(-c2n[nH]c(CN)n2)cc1C.